The summed E-state index contributed by atoms with van der Waals surface area (Å²) in [5, 5.41) is 4.46. The van der Waals surface area contributed by atoms with Crippen LogP contribution >= 0.6 is 0 Å². The molecule has 0 fully saturated rings. The molecule has 0 aliphatic heterocycles. The number of nitrogens with zero attached hydrogens (tertiary/aromatic N) is 2. The summed E-state index contributed by atoms with van der Waals surface area (Å²) in [4.78, 5) is 12.5. The Labute approximate surface area is 145 Å². The van der Waals surface area contributed by atoms with E-state index in [4.69, 9.17) is 4.74 Å². The number of carbonyl (C=O) groups excluding carboxylic acids is 1. The van der Waals surface area contributed by atoms with E-state index in [0.29, 0.717) is 11.3 Å². The average Bonchev–Trinajstić information content (AvgIpc) is 2.99. The van der Waals surface area contributed by atoms with Crippen molar-refractivity contribution in [1.82, 2.24) is 9.78 Å². The lowest BCUT2D eigenvalue weighted by Crippen LogP contribution is -2.13. The summed E-state index contributed by atoms with van der Waals surface area (Å²) in [6.45, 7) is 5.83. The summed E-state index contributed by atoms with van der Waals surface area (Å²) < 4.78 is 20.6. The highest BCUT2D eigenvalue weighted by atomic mass is 19.1. The molecule has 0 radical (unpaired) electrons. The predicted molar refractivity (Wildman–Crippen MR) is 93.7 cm³/mol. The SMILES string of the molecule is Cc1ccccc1C(=O)Oc1cc(C(C)C)nn1-c1cccc(F)c1. The van der Waals surface area contributed by atoms with Gasteiger partial charge in [0.2, 0.25) is 5.88 Å². The van der Waals surface area contributed by atoms with Crippen LogP contribution in [0.5, 0.6) is 5.88 Å². The van der Waals surface area contributed by atoms with E-state index in [1.807, 2.05) is 32.9 Å². The lowest BCUT2D eigenvalue weighted by atomic mass is 10.1. The Kier molecular flexibility index (Phi) is 4.65. The zero-order chi connectivity index (χ0) is 18.0. The molecule has 0 spiro atoms. The Hall–Kier alpha value is -2.95. The molecule has 0 N–H and O–H groups in total. The number of rotatable bonds is 4. The van der Waals surface area contributed by atoms with Crippen molar-refractivity contribution in [2.24, 2.45) is 0 Å². The summed E-state index contributed by atoms with van der Waals surface area (Å²) >= 11 is 0. The Bertz CT molecular complexity index is 916. The van der Waals surface area contributed by atoms with Gasteiger partial charge in [0.1, 0.15) is 5.82 Å². The van der Waals surface area contributed by atoms with Crippen molar-refractivity contribution in [3.05, 3.63) is 77.2 Å². The lowest BCUT2D eigenvalue weighted by molar-refractivity contribution is 0.0722. The van der Waals surface area contributed by atoms with Crippen LogP contribution in [0, 0.1) is 12.7 Å². The fraction of sp³-hybridized carbons (Fsp3) is 0.200. The van der Waals surface area contributed by atoms with Crippen LogP contribution in [-0.2, 0) is 0 Å². The van der Waals surface area contributed by atoms with Crippen molar-refractivity contribution in [3.63, 3.8) is 0 Å². The summed E-state index contributed by atoms with van der Waals surface area (Å²) in [5.74, 6) is -0.436. The number of hydrogen-bond donors (Lipinski definition) is 0. The van der Waals surface area contributed by atoms with E-state index in [-0.39, 0.29) is 17.6 Å². The van der Waals surface area contributed by atoms with Crippen molar-refractivity contribution >= 4 is 5.97 Å². The topological polar surface area (TPSA) is 44.1 Å². The third-order valence-electron chi connectivity index (χ3n) is 3.90. The number of esters is 1. The zero-order valence-corrected chi connectivity index (χ0v) is 14.4. The van der Waals surface area contributed by atoms with Crippen molar-refractivity contribution in [1.29, 1.82) is 0 Å². The molecule has 0 saturated carbocycles. The van der Waals surface area contributed by atoms with Gasteiger partial charge in [0.15, 0.2) is 0 Å². The minimum atomic E-state index is -0.467. The molecule has 0 bridgehead atoms. The zero-order valence-electron chi connectivity index (χ0n) is 14.4. The van der Waals surface area contributed by atoms with E-state index >= 15 is 0 Å². The molecule has 3 rings (SSSR count). The smallest absolute Gasteiger partial charge is 0.345 e. The van der Waals surface area contributed by atoms with E-state index in [1.54, 1.807) is 30.3 Å². The van der Waals surface area contributed by atoms with Gasteiger partial charge in [-0.05, 0) is 42.7 Å². The molecule has 25 heavy (non-hydrogen) atoms. The molecule has 1 heterocycles. The minimum absolute atomic E-state index is 0.144. The molecular formula is C20H19FN2O2. The first-order valence-electron chi connectivity index (χ1n) is 8.09. The third-order valence-corrected chi connectivity index (χ3v) is 3.90. The average molecular weight is 338 g/mol. The van der Waals surface area contributed by atoms with Crippen LogP contribution in [-0.4, -0.2) is 15.7 Å². The van der Waals surface area contributed by atoms with Crippen molar-refractivity contribution in [3.8, 4) is 11.6 Å². The molecule has 1 aromatic heterocycles. The maximum Gasteiger partial charge on any atom is 0.345 e. The van der Waals surface area contributed by atoms with Crippen LogP contribution in [0.4, 0.5) is 4.39 Å². The van der Waals surface area contributed by atoms with Crippen molar-refractivity contribution in [2.75, 3.05) is 0 Å². The third kappa shape index (κ3) is 3.60. The van der Waals surface area contributed by atoms with Crippen molar-refractivity contribution in [2.45, 2.75) is 26.7 Å². The molecule has 2 aromatic carbocycles. The lowest BCUT2D eigenvalue weighted by Gasteiger charge is -2.09. The number of halogens is 1. The van der Waals surface area contributed by atoms with Gasteiger partial charge in [-0.2, -0.15) is 5.10 Å². The van der Waals surface area contributed by atoms with E-state index in [1.165, 1.54) is 16.8 Å². The van der Waals surface area contributed by atoms with Gasteiger partial charge >= 0.3 is 5.97 Å². The minimum Gasteiger partial charge on any atom is -0.404 e. The maximum absolute atomic E-state index is 13.6. The molecule has 5 heteroatoms. The normalized spacial score (nSPS) is 10.9. The summed E-state index contributed by atoms with van der Waals surface area (Å²) in [6.07, 6.45) is 0. The summed E-state index contributed by atoms with van der Waals surface area (Å²) in [7, 11) is 0. The van der Waals surface area contributed by atoms with Gasteiger partial charge < -0.3 is 4.74 Å². The maximum atomic E-state index is 13.6. The quantitative estimate of drug-likeness (QED) is 0.650. The molecule has 3 aromatic rings. The van der Waals surface area contributed by atoms with Gasteiger partial charge in [-0.25, -0.2) is 13.9 Å². The van der Waals surface area contributed by atoms with Gasteiger partial charge in [-0.1, -0.05) is 38.1 Å². The van der Waals surface area contributed by atoms with Crippen LogP contribution in [0.25, 0.3) is 5.69 Å². The van der Waals surface area contributed by atoms with Crippen molar-refractivity contribution < 1.29 is 13.9 Å². The molecule has 128 valence electrons. The molecule has 0 unspecified atom stereocenters. The van der Waals surface area contributed by atoms with Crippen LogP contribution in [0.15, 0.2) is 54.6 Å². The molecule has 0 atom stereocenters. The molecular weight excluding hydrogens is 319 g/mol. The largest absolute Gasteiger partial charge is 0.404 e. The number of aromatic nitrogens is 2. The Morgan fingerprint density at radius 2 is 1.88 bits per heavy atom. The van der Waals surface area contributed by atoms with Crippen LogP contribution < -0.4 is 4.74 Å². The molecule has 0 aliphatic carbocycles. The predicted octanol–water partition coefficient (Wildman–Crippen LogP) is 4.66. The molecule has 0 saturated heterocycles. The molecule has 0 aliphatic rings. The Balaban J connectivity index is 2.00. The van der Waals surface area contributed by atoms with Gasteiger partial charge in [0.05, 0.1) is 16.9 Å². The second-order valence-electron chi connectivity index (χ2n) is 6.16. The molecule has 0 amide bonds. The molecule has 4 nitrogen and oxygen atoms in total. The Morgan fingerprint density at radius 3 is 2.56 bits per heavy atom. The number of ether oxygens (including phenoxy) is 1. The second-order valence-corrected chi connectivity index (χ2v) is 6.16. The number of aryl methyl sites for hydroxylation is 1. The number of carbonyl (C=O) groups is 1. The Morgan fingerprint density at radius 1 is 1.12 bits per heavy atom. The fourth-order valence-electron chi connectivity index (χ4n) is 2.48. The van der Waals surface area contributed by atoms with Crippen LogP contribution in [0.2, 0.25) is 0 Å². The van der Waals surface area contributed by atoms with Gasteiger partial charge in [0.25, 0.3) is 0 Å². The summed E-state index contributed by atoms with van der Waals surface area (Å²) in [6, 6.07) is 14.9. The first-order valence-corrected chi connectivity index (χ1v) is 8.09. The van der Waals surface area contributed by atoms with Gasteiger partial charge in [-0.15, -0.1) is 0 Å². The highest BCUT2D eigenvalue weighted by Crippen LogP contribution is 2.25. The van der Waals surface area contributed by atoms with Crippen LogP contribution in [0.1, 0.15) is 41.4 Å². The first-order chi connectivity index (χ1) is 12.0. The van der Waals surface area contributed by atoms with E-state index in [0.717, 1.165) is 11.3 Å². The highest BCUT2D eigenvalue weighted by molar-refractivity contribution is 5.92. The van der Waals surface area contributed by atoms with Crippen LogP contribution in [0.3, 0.4) is 0 Å². The first kappa shape index (κ1) is 16.9. The van der Waals surface area contributed by atoms with Gasteiger partial charge in [-0.3, -0.25) is 0 Å². The fourth-order valence-corrected chi connectivity index (χ4v) is 2.48. The van der Waals surface area contributed by atoms with E-state index in [2.05, 4.69) is 5.10 Å². The second kappa shape index (κ2) is 6.89. The number of benzene rings is 2. The van der Waals surface area contributed by atoms with E-state index in [9.17, 15) is 9.18 Å². The van der Waals surface area contributed by atoms with Gasteiger partial charge in [0, 0.05) is 6.07 Å². The summed E-state index contributed by atoms with van der Waals surface area (Å²) in [5.41, 5.74) is 2.57. The number of hydrogen-bond acceptors (Lipinski definition) is 3. The standard InChI is InChI=1S/C20H19FN2O2/c1-13(2)18-12-19(23(22-18)16-9-6-8-15(21)11-16)25-20(24)17-10-5-4-7-14(17)3/h4-13H,1-3H3. The van der Waals surface area contributed by atoms with E-state index < -0.39 is 5.97 Å². The highest BCUT2D eigenvalue weighted by Gasteiger charge is 2.18. The monoisotopic (exact) mass is 338 g/mol.